The van der Waals surface area contributed by atoms with Crippen molar-refractivity contribution in [3.63, 3.8) is 0 Å². The van der Waals surface area contributed by atoms with Crippen LogP contribution in [0.5, 0.6) is 0 Å². The first-order valence-corrected chi connectivity index (χ1v) is 13.9. The molecule has 0 spiro atoms. The molecule has 2 fully saturated rings. The minimum absolute atomic E-state index is 0.253. The van der Waals surface area contributed by atoms with Crippen molar-refractivity contribution in [1.82, 2.24) is 5.32 Å². The number of aliphatic hydroxyl groups excluding tert-OH is 3. The van der Waals surface area contributed by atoms with Gasteiger partial charge in [-0.1, -0.05) is 6.92 Å². The highest BCUT2D eigenvalue weighted by Gasteiger charge is 2.51. The molecule has 0 aromatic carbocycles. The van der Waals surface area contributed by atoms with E-state index in [0.29, 0.717) is 12.5 Å². The van der Waals surface area contributed by atoms with Crippen LogP contribution in [0.1, 0.15) is 19.8 Å². The lowest BCUT2D eigenvalue weighted by atomic mass is 9.84. The minimum Gasteiger partial charge on any atom is -0.467 e. The summed E-state index contributed by atoms with van der Waals surface area (Å²) in [5, 5.41) is 34.2. The van der Waals surface area contributed by atoms with Crippen LogP contribution < -0.4 is 5.32 Å². The molecular weight excluding hydrogens is 597 g/mol. The number of carbonyl (C=O) groups excluding carboxylic acids is 5. The van der Waals surface area contributed by atoms with Crippen LogP contribution in [0.25, 0.3) is 0 Å². The third kappa shape index (κ3) is 7.96. The van der Waals surface area contributed by atoms with Crippen LogP contribution in [-0.4, -0.2) is 135 Å². The molecule has 5 unspecified atom stereocenters. The van der Waals surface area contributed by atoms with Crippen LogP contribution in [0.2, 0.25) is 0 Å². The van der Waals surface area contributed by atoms with Gasteiger partial charge in [0.25, 0.3) is 5.91 Å². The van der Waals surface area contributed by atoms with Gasteiger partial charge in [-0.05, 0) is 12.5 Å². The quantitative estimate of drug-likeness (QED) is 0.100. The molecule has 11 atom stereocenters. The number of rotatable bonds is 12. The van der Waals surface area contributed by atoms with E-state index in [1.165, 1.54) is 7.11 Å². The summed E-state index contributed by atoms with van der Waals surface area (Å²) in [5.41, 5.74) is 0. The summed E-state index contributed by atoms with van der Waals surface area (Å²) in [6, 6.07) is 0. The zero-order valence-electron chi connectivity index (χ0n) is 24.6. The molecule has 0 radical (unpaired) electrons. The molecule has 0 bridgehead atoms. The molecule has 2 saturated heterocycles. The van der Waals surface area contributed by atoms with Crippen molar-refractivity contribution < 1.29 is 76.8 Å². The Morgan fingerprint density at radius 3 is 2.09 bits per heavy atom. The van der Waals surface area contributed by atoms with Gasteiger partial charge in [0.2, 0.25) is 5.91 Å². The number of ether oxygens (including phenoxy) is 7. The van der Waals surface area contributed by atoms with Crippen molar-refractivity contribution in [2.75, 3.05) is 41.2 Å². The Balaban J connectivity index is 1.74. The van der Waals surface area contributed by atoms with E-state index in [0.717, 1.165) is 14.2 Å². The number of esters is 3. The number of halogens is 1. The van der Waals surface area contributed by atoms with Crippen LogP contribution in [0.4, 0.5) is 4.39 Å². The van der Waals surface area contributed by atoms with Crippen LogP contribution >= 0.6 is 0 Å². The summed E-state index contributed by atoms with van der Waals surface area (Å²) in [5.74, 6) is -9.44. The van der Waals surface area contributed by atoms with Gasteiger partial charge in [0.1, 0.15) is 24.4 Å². The van der Waals surface area contributed by atoms with Crippen molar-refractivity contribution in [3.05, 3.63) is 11.9 Å². The van der Waals surface area contributed by atoms with Crippen LogP contribution in [0.3, 0.4) is 0 Å². The first-order valence-electron chi connectivity index (χ1n) is 13.9. The lowest BCUT2D eigenvalue weighted by Crippen LogP contribution is -2.61. The van der Waals surface area contributed by atoms with Gasteiger partial charge in [0, 0.05) is 18.9 Å². The van der Waals surface area contributed by atoms with Gasteiger partial charge in [-0.2, -0.15) is 0 Å². The number of carbonyl (C=O) groups is 5. The van der Waals surface area contributed by atoms with Gasteiger partial charge < -0.3 is 48.5 Å². The molecular formula is C27H38FNO15. The first kappa shape index (κ1) is 35.4. The van der Waals surface area contributed by atoms with Crippen molar-refractivity contribution >= 4 is 29.7 Å². The smallest absolute Gasteiger partial charge is 0.335 e. The fourth-order valence-electron chi connectivity index (χ4n) is 5.39. The van der Waals surface area contributed by atoms with Crippen molar-refractivity contribution in [2.45, 2.75) is 68.6 Å². The number of hydrogen-bond acceptors (Lipinski definition) is 15. The number of imide groups is 1. The molecule has 0 aromatic rings. The maximum Gasteiger partial charge on any atom is 0.335 e. The predicted octanol–water partition coefficient (Wildman–Crippen LogP) is -2.32. The van der Waals surface area contributed by atoms with Crippen molar-refractivity contribution in [1.29, 1.82) is 0 Å². The minimum atomic E-state index is -1.64. The third-order valence-electron chi connectivity index (χ3n) is 7.79. The Morgan fingerprint density at radius 1 is 0.886 bits per heavy atom. The summed E-state index contributed by atoms with van der Waals surface area (Å²) in [4.78, 5) is 61.0. The molecule has 44 heavy (non-hydrogen) atoms. The van der Waals surface area contributed by atoms with Gasteiger partial charge >= 0.3 is 17.9 Å². The van der Waals surface area contributed by atoms with Crippen molar-refractivity contribution in [2.24, 2.45) is 17.8 Å². The van der Waals surface area contributed by atoms with E-state index >= 15 is 0 Å². The highest BCUT2D eigenvalue weighted by Crippen LogP contribution is 2.32. The van der Waals surface area contributed by atoms with Gasteiger partial charge in [0.05, 0.1) is 52.5 Å². The van der Waals surface area contributed by atoms with E-state index in [2.05, 4.69) is 0 Å². The Hall–Kier alpha value is -3.06. The molecule has 2 amide bonds. The van der Waals surface area contributed by atoms with E-state index in [-0.39, 0.29) is 6.61 Å². The lowest BCUT2D eigenvalue weighted by Gasteiger charge is -2.43. The molecule has 0 saturated carbocycles. The molecule has 248 valence electrons. The van der Waals surface area contributed by atoms with Gasteiger partial charge in [-0.25, -0.2) is 14.0 Å². The van der Waals surface area contributed by atoms with E-state index < -0.39 is 122 Å². The summed E-state index contributed by atoms with van der Waals surface area (Å²) in [6.45, 7) is 0.599. The predicted molar refractivity (Wildman–Crippen MR) is 140 cm³/mol. The number of nitrogens with one attached hydrogen (secondary N) is 1. The Bertz CT molecular complexity index is 1100. The summed E-state index contributed by atoms with van der Waals surface area (Å²) < 4.78 is 50.9. The lowest BCUT2D eigenvalue weighted by molar-refractivity contribution is -0.243. The third-order valence-corrected chi connectivity index (χ3v) is 7.79. The summed E-state index contributed by atoms with van der Waals surface area (Å²) >= 11 is 0. The molecule has 17 heteroatoms. The fourth-order valence-corrected chi connectivity index (χ4v) is 5.39. The second kappa shape index (κ2) is 15.8. The Kier molecular flexibility index (Phi) is 12.7. The second-order valence-corrected chi connectivity index (χ2v) is 10.5. The van der Waals surface area contributed by atoms with Gasteiger partial charge in [-0.3, -0.25) is 19.7 Å². The molecule has 3 aliphatic rings. The number of aliphatic hydroxyl groups is 3. The van der Waals surface area contributed by atoms with Crippen LogP contribution in [0, 0.1) is 17.8 Å². The molecule has 3 heterocycles. The largest absolute Gasteiger partial charge is 0.467 e. The maximum absolute atomic E-state index is 13.7. The first-order chi connectivity index (χ1) is 20.9. The summed E-state index contributed by atoms with van der Waals surface area (Å²) in [7, 11) is 3.53. The monoisotopic (exact) mass is 635 g/mol. The number of hydrogen-bond donors (Lipinski definition) is 4. The van der Waals surface area contributed by atoms with E-state index in [4.69, 9.17) is 33.2 Å². The number of methoxy groups -OCH3 is 3. The van der Waals surface area contributed by atoms with Gasteiger partial charge in [0.15, 0.2) is 24.1 Å². The van der Waals surface area contributed by atoms with E-state index in [9.17, 15) is 43.7 Å². The van der Waals surface area contributed by atoms with Gasteiger partial charge in [-0.15, -0.1) is 0 Å². The highest BCUT2D eigenvalue weighted by atomic mass is 19.1. The molecule has 3 rings (SSSR count). The molecule has 16 nitrogen and oxygen atoms in total. The topological polar surface area (TPSA) is 223 Å². The van der Waals surface area contributed by atoms with Crippen LogP contribution in [-0.2, 0) is 57.1 Å². The van der Waals surface area contributed by atoms with Crippen molar-refractivity contribution in [3.8, 4) is 0 Å². The van der Waals surface area contributed by atoms with Crippen LogP contribution in [0.15, 0.2) is 11.9 Å². The standard InChI is InChI=1S/C27H38FNO15/c1-5-12-18(31)20(33)15(42-21(12)26(36)39-3)10-41-8-13-19(32)23(16(9-38-2)43-22(13)27(37)40-4)44-17(30)7-11-6-14(28)25(35)29-24(11)34/h6,11-13,15-16,18-23,31-33H,5,7-10H2,1-4H3,(H,29,34,35)/t11?,12-,13+,15+,16-,18-,19-,20?,21?,22?,23?/m1/s1. The SMILES string of the molecule is CC[C@H]1C(C(=O)OC)O[C@@H](COC[C@@H]2C(C(=O)OC)O[C@H](COC)C(OC(=O)CC3C=C(F)C(=O)NC3=O)[C@@H]2O)C(O)[C@@H]1O. The maximum atomic E-state index is 13.7. The number of amides is 2. The molecule has 0 aromatic heterocycles. The Labute approximate surface area is 251 Å². The molecule has 3 aliphatic heterocycles. The normalized spacial score (nSPS) is 35.7. The second-order valence-electron chi connectivity index (χ2n) is 10.5. The average Bonchev–Trinajstić information content (AvgIpc) is 2.99. The summed E-state index contributed by atoms with van der Waals surface area (Å²) in [6.07, 6.45) is -10.6. The van der Waals surface area contributed by atoms with E-state index in [1.807, 2.05) is 0 Å². The fraction of sp³-hybridized carbons (Fsp3) is 0.741. The molecule has 0 aliphatic carbocycles. The van der Waals surface area contributed by atoms with E-state index in [1.54, 1.807) is 12.2 Å². The zero-order chi connectivity index (χ0) is 32.7. The average molecular weight is 636 g/mol. The highest BCUT2D eigenvalue weighted by molar-refractivity contribution is 6.07. The Morgan fingerprint density at radius 2 is 1.50 bits per heavy atom. The molecule has 4 N–H and O–H groups in total. The zero-order valence-corrected chi connectivity index (χ0v) is 24.6.